The number of guanidine groups is 2. The van der Waals surface area contributed by atoms with Crippen molar-refractivity contribution >= 4 is 101 Å². The van der Waals surface area contributed by atoms with Gasteiger partial charge in [0, 0.05) is 54.5 Å². The number of phenols is 1. The number of aliphatic imine (C=N–C) groups is 2. The molecule has 0 spiro atoms. The van der Waals surface area contributed by atoms with Gasteiger partial charge in [-0.25, -0.2) is 4.79 Å². The average molecular weight is 1170 g/mol. The summed E-state index contributed by atoms with van der Waals surface area (Å²) in [7, 11) is 0. The van der Waals surface area contributed by atoms with E-state index in [1.165, 1.54) is 31.2 Å². The predicted octanol–water partition coefficient (Wildman–Crippen LogP) is -2.36. The molecule has 21 N–H and O–H groups in total. The first-order valence-corrected chi connectivity index (χ1v) is 27.6. The number of amides is 8. The number of carbonyl (C=O) groups excluding carboxylic acids is 8. The number of hydrogen-bond acceptors (Lipinski definition) is 15. The summed E-state index contributed by atoms with van der Waals surface area (Å²) in [6.07, 6.45) is 2.01. The first-order chi connectivity index (χ1) is 38.3. The van der Waals surface area contributed by atoms with Crippen LogP contribution in [0.2, 0.25) is 0 Å². The molecule has 0 aliphatic rings. The predicted molar refractivity (Wildman–Crippen MR) is 312 cm³/mol. The van der Waals surface area contributed by atoms with Crippen LogP contribution in [-0.4, -0.2) is 159 Å². The highest BCUT2D eigenvalue weighted by molar-refractivity contribution is 7.80. The molecular weight excluding hydrogens is 1090 g/mol. The molecule has 0 bridgehead atoms. The molecule has 8 amide bonds. The van der Waals surface area contributed by atoms with Crippen molar-refractivity contribution in [2.75, 3.05) is 24.6 Å². The lowest BCUT2D eigenvalue weighted by Crippen LogP contribution is -2.61. The molecule has 29 heteroatoms. The van der Waals surface area contributed by atoms with Crippen LogP contribution in [-0.2, 0) is 56.0 Å². The molecule has 0 radical (unpaired) electrons. The molecule has 0 fully saturated rings. The van der Waals surface area contributed by atoms with Gasteiger partial charge in [-0.3, -0.25) is 48.3 Å². The maximum Gasteiger partial charge on any atom is 0.327 e. The molecule has 1 aromatic heterocycles. The molecule has 1 heterocycles. The van der Waals surface area contributed by atoms with Crippen molar-refractivity contribution < 1.29 is 53.4 Å². The Bertz CT molecular complexity index is 2680. The zero-order valence-corrected chi connectivity index (χ0v) is 47.9. The second-order valence-electron chi connectivity index (χ2n) is 19.8. The van der Waals surface area contributed by atoms with E-state index in [0.29, 0.717) is 28.5 Å². The van der Waals surface area contributed by atoms with Gasteiger partial charge in [-0.2, -0.15) is 25.3 Å². The number of phenolic OH excluding ortho intramolecular Hbond substituents is 1. The van der Waals surface area contributed by atoms with Crippen molar-refractivity contribution in [1.29, 1.82) is 0 Å². The fraction of sp³-hybridized carbons (Fsp3) is 0.519. The number of aromatic amines is 1. The first kappa shape index (κ1) is 67.5. The van der Waals surface area contributed by atoms with Crippen molar-refractivity contribution in [2.24, 2.45) is 50.5 Å². The average Bonchev–Trinajstić information content (AvgIpc) is 3.84. The minimum absolute atomic E-state index is 0.0213. The van der Waals surface area contributed by atoms with Crippen LogP contribution < -0.4 is 71.2 Å². The molecular formula is C52H80N16O11S2. The van der Waals surface area contributed by atoms with Gasteiger partial charge >= 0.3 is 5.97 Å². The van der Waals surface area contributed by atoms with Gasteiger partial charge in [-0.1, -0.05) is 64.4 Å². The van der Waals surface area contributed by atoms with Crippen LogP contribution in [0.4, 0.5) is 0 Å². The van der Waals surface area contributed by atoms with Gasteiger partial charge in [0.2, 0.25) is 47.3 Å². The largest absolute Gasteiger partial charge is 0.508 e. The number of aliphatic carboxylic acids is 1. The number of carbonyl (C=O) groups is 9. The van der Waals surface area contributed by atoms with Crippen molar-refractivity contribution in [1.82, 2.24) is 47.5 Å². The first-order valence-electron chi connectivity index (χ1n) is 26.4. The van der Waals surface area contributed by atoms with Crippen molar-refractivity contribution in [3.05, 3.63) is 65.9 Å². The number of aromatic hydroxyl groups is 1. The highest BCUT2D eigenvalue weighted by Crippen LogP contribution is 2.21. The number of hydrogen-bond donors (Lipinski definition) is 18. The summed E-state index contributed by atoms with van der Waals surface area (Å²) in [6, 6.07) is 1.21. The molecule has 0 saturated heterocycles. The summed E-state index contributed by atoms with van der Waals surface area (Å²) in [5.41, 5.74) is 29.7. The third-order valence-corrected chi connectivity index (χ3v) is 13.8. The Morgan fingerprint density at radius 2 is 1.06 bits per heavy atom. The minimum atomic E-state index is -1.45. The lowest BCUT2D eigenvalue weighted by molar-refractivity contribution is -0.142. The van der Waals surface area contributed by atoms with Crippen molar-refractivity contribution in [2.45, 2.75) is 134 Å². The van der Waals surface area contributed by atoms with E-state index >= 15 is 0 Å². The normalized spacial score (nSPS) is 14.8. The maximum atomic E-state index is 14.9. The summed E-state index contributed by atoms with van der Waals surface area (Å²) in [5.74, 6) is -9.62. The molecule has 0 aliphatic carbocycles. The maximum absolute atomic E-state index is 14.9. The van der Waals surface area contributed by atoms with Crippen molar-refractivity contribution in [3.63, 3.8) is 0 Å². The number of carboxylic acid groups (broad SMARTS) is 1. The number of benzene rings is 2. The molecule has 0 saturated carbocycles. The van der Waals surface area contributed by atoms with Crippen LogP contribution in [0.1, 0.15) is 77.8 Å². The summed E-state index contributed by atoms with van der Waals surface area (Å²) in [6.45, 7) is 8.22. The van der Waals surface area contributed by atoms with Crippen LogP contribution in [0.3, 0.4) is 0 Å². The SMILES string of the molecule is CC[C@H](C)[C@H](NC(=O)[C@H](CCCN=C(N)N)NC(=O)[C@H](CCCN=C(N)N)NC(=O)[C@@H](N)CS)C(=O)N[C@@H](Cc1c[nH]c2ccccc12)C(=O)N[C@@H](Cc1ccc(O)cc1)C(=O)N[C@@H](C)C(=O)N[C@H](C(=O)N[C@@H](CS)C(=O)O)C(C)C. The fourth-order valence-corrected chi connectivity index (χ4v) is 8.53. The minimum Gasteiger partial charge on any atom is -0.508 e. The highest BCUT2D eigenvalue weighted by atomic mass is 32.1. The Labute approximate surface area is 480 Å². The smallest absolute Gasteiger partial charge is 0.327 e. The number of nitrogens with zero attached hydrogens (tertiary/aromatic N) is 2. The van der Waals surface area contributed by atoms with E-state index < -0.39 is 119 Å². The van der Waals surface area contributed by atoms with E-state index in [0.717, 1.165) is 0 Å². The number of fused-ring (bicyclic) bond motifs is 1. The highest BCUT2D eigenvalue weighted by Gasteiger charge is 2.36. The van der Waals surface area contributed by atoms with Gasteiger partial charge in [0.25, 0.3) is 0 Å². The molecule has 0 unspecified atom stereocenters. The van der Waals surface area contributed by atoms with Gasteiger partial charge in [0.15, 0.2) is 11.9 Å². The van der Waals surface area contributed by atoms with Gasteiger partial charge in [0.1, 0.15) is 54.1 Å². The second kappa shape index (κ2) is 33.7. The molecule has 3 rings (SSSR count). The summed E-state index contributed by atoms with van der Waals surface area (Å²) < 4.78 is 0. The lowest BCUT2D eigenvalue weighted by atomic mass is 9.96. The van der Waals surface area contributed by atoms with E-state index in [1.54, 1.807) is 46.0 Å². The number of thiol groups is 2. The van der Waals surface area contributed by atoms with E-state index in [9.17, 15) is 53.4 Å². The van der Waals surface area contributed by atoms with Crippen LogP contribution in [0.25, 0.3) is 10.9 Å². The van der Waals surface area contributed by atoms with E-state index in [2.05, 4.69) is 82.8 Å². The number of H-pyrrole nitrogens is 1. The van der Waals surface area contributed by atoms with Gasteiger partial charge in [0.05, 0.1) is 6.04 Å². The molecule has 10 atom stereocenters. The Morgan fingerprint density at radius 1 is 0.580 bits per heavy atom. The molecule has 0 aliphatic heterocycles. The molecule has 81 heavy (non-hydrogen) atoms. The Balaban J connectivity index is 2.03. The van der Waals surface area contributed by atoms with Gasteiger partial charge in [-0.05, 0) is 73.8 Å². The van der Waals surface area contributed by atoms with Gasteiger partial charge in [-0.15, -0.1) is 0 Å². The molecule has 3 aromatic rings. The zero-order chi connectivity index (χ0) is 60.5. The number of carboxylic acids is 1. The van der Waals surface area contributed by atoms with E-state index in [1.807, 2.05) is 12.1 Å². The number of rotatable bonds is 34. The van der Waals surface area contributed by atoms with Crippen LogP contribution in [0.5, 0.6) is 5.75 Å². The Morgan fingerprint density at radius 3 is 1.60 bits per heavy atom. The summed E-state index contributed by atoms with van der Waals surface area (Å²) in [4.78, 5) is 135. The number of nitrogens with two attached hydrogens (primary N) is 5. The third kappa shape index (κ3) is 22.3. The van der Waals surface area contributed by atoms with Crippen LogP contribution in [0.15, 0.2) is 64.7 Å². The zero-order valence-electron chi connectivity index (χ0n) is 46.1. The van der Waals surface area contributed by atoms with Crippen LogP contribution >= 0.6 is 25.3 Å². The quantitative estimate of drug-likeness (QED) is 0.0129. The summed E-state index contributed by atoms with van der Waals surface area (Å²) >= 11 is 8.07. The monoisotopic (exact) mass is 1170 g/mol. The van der Waals surface area contributed by atoms with E-state index in [-0.39, 0.29) is 80.8 Å². The van der Waals surface area contributed by atoms with Gasteiger partial charge < -0.3 is 86.4 Å². The number of para-hydroxylation sites is 1. The van der Waals surface area contributed by atoms with E-state index in [4.69, 9.17) is 28.7 Å². The molecule has 446 valence electrons. The molecule has 2 aromatic carbocycles. The summed E-state index contributed by atoms with van der Waals surface area (Å²) in [5, 5.41) is 41.3. The molecule has 27 nitrogen and oxygen atoms in total. The topological polar surface area (TPSA) is 461 Å². The Hall–Kier alpha value is -7.79. The third-order valence-electron chi connectivity index (χ3n) is 13.0. The standard InChI is InChI=1S/C52H80N16O11S2/c1-6-27(4)41(68-45(73)36(14-10-20-59-52(56)57)63-44(72)35(13-9-19-58-51(54)55)62-43(71)33(53)24-80)49(77)65-38(22-30-23-60-34-12-8-7-11-32(30)34)47(75)64-37(21-29-15-17-31(69)18-16-29)46(74)61-28(5)42(70)67-40(26(2)3)48(76)66-39(25-81)50(78)79/h7-8,11-12,15-18,23,26-28,33,35-41,60,69,80-81H,6,9-10,13-14,19-22,24-25,53H2,1-5H3,(H,61,74)(H,62,71)(H,63,72)(H,64,75)(H,65,77)(H,66,76)(H,67,70)(H,68,73)(H,78,79)(H4,54,55,58)(H4,56,57,59)/t27-,28-,33-,35-,36-,37-,38-,39-,40-,41-/m0/s1. The fourth-order valence-electron chi connectivity index (χ4n) is 8.11. The van der Waals surface area contributed by atoms with Crippen molar-refractivity contribution in [3.8, 4) is 5.75 Å². The van der Waals surface area contributed by atoms with Crippen LogP contribution in [0, 0.1) is 11.8 Å². The Kier molecular flexibility index (Phi) is 28.1. The number of nitrogens with one attached hydrogen (secondary N) is 9. The lowest BCUT2D eigenvalue weighted by Gasteiger charge is -2.30. The second-order valence-corrected chi connectivity index (χ2v) is 20.5. The number of aromatic nitrogens is 1.